The first-order valence-electron chi connectivity index (χ1n) is 4.89. The van der Waals surface area contributed by atoms with Crippen LogP contribution in [0.3, 0.4) is 0 Å². The molecule has 1 rings (SSSR count). The topological polar surface area (TPSA) is 105 Å². The largest absolute Gasteiger partial charge is 0.446 e. The van der Waals surface area contributed by atoms with Crippen molar-refractivity contribution in [2.75, 3.05) is 0 Å². The molecule has 0 bridgehead atoms. The second-order valence-electron chi connectivity index (χ2n) is 3.93. The van der Waals surface area contributed by atoms with Crippen molar-refractivity contribution in [1.82, 2.24) is 0 Å². The van der Waals surface area contributed by atoms with E-state index in [-0.39, 0.29) is 12.2 Å². The summed E-state index contributed by atoms with van der Waals surface area (Å²) in [6.45, 7) is 1.99. The quantitative estimate of drug-likeness (QED) is 0.709. The highest BCUT2D eigenvalue weighted by Crippen LogP contribution is 2.28. The van der Waals surface area contributed by atoms with E-state index in [0.29, 0.717) is 12.3 Å². The molecule has 0 aliphatic heterocycles. The van der Waals surface area contributed by atoms with Crippen LogP contribution in [0, 0.1) is 5.92 Å². The molecule has 1 fully saturated rings. The SMILES string of the molecule is CC1CC(OC(N)=O)CC(OC(N)=O)C1. The summed E-state index contributed by atoms with van der Waals surface area (Å²) in [5, 5.41) is 0. The van der Waals surface area contributed by atoms with Gasteiger partial charge in [-0.2, -0.15) is 0 Å². The number of hydrogen-bond donors (Lipinski definition) is 2. The van der Waals surface area contributed by atoms with Crippen LogP contribution in [-0.4, -0.2) is 24.4 Å². The first kappa shape index (κ1) is 11.6. The number of hydrogen-bond acceptors (Lipinski definition) is 4. The maximum absolute atomic E-state index is 10.6. The van der Waals surface area contributed by atoms with Gasteiger partial charge in [0.1, 0.15) is 12.2 Å². The smallest absolute Gasteiger partial charge is 0.404 e. The molecule has 0 saturated heterocycles. The maximum atomic E-state index is 10.6. The summed E-state index contributed by atoms with van der Waals surface area (Å²) in [5.41, 5.74) is 9.84. The number of carbonyl (C=O) groups excluding carboxylic acids is 2. The fraction of sp³-hybridized carbons (Fsp3) is 0.778. The standard InChI is InChI=1S/C9H16N2O4/c1-5-2-6(14-8(10)12)4-7(3-5)15-9(11)13/h5-7H,2-4H2,1H3,(H2,10,12)(H2,11,13). The highest BCUT2D eigenvalue weighted by molar-refractivity contribution is 5.65. The van der Waals surface area contributed by atoms with Crippen LogP contribution in [0.5, 0.6) is 0 Å². The summed E-state index contributed by atoms with van der Waals surface area (Å²) in [4.78, 5) is 21.1. The Morgan fingerprint density at radius 2 is 1.40 bits per heavy atom. The van der Waals surface area contributed by atoms with Crippen molar-refractivity contribution in [1.29, 1.82) is 0 Å². The normalized spacial score (nSPS) is 30.6. The second-order valence-corrected chi connectivity index (χ2v) is 3.93. The van der Waals surface area contributed by atoms with Crippen LogP contribution in [0.4, 0.5) is 9.59 Å². The highest BCUT2D eigenvalue weighted by Gasteiger charge is 2.30. The van der Waals surface area contributed by atoms with E-state index >= 15 is 0 Å². The minimum absolute atomic E-state index is 0.282. The van der Waals surface area contributed by atoms with Gasteiger partial charge in [0.05, 0.1) is 0 Å². The van der Waals surface area contributed by atoms with Crippen molar-refractivity contribution in [3.05, 3.63) is 0 Å². The summed E-state index contributed by atoms with van der Waals surface area (Å²) >= 11 is 0. The molecule has 0 aromatic carbocycles. The Morgan fingerprint density at radius 3 is 1.73 bits per heavy atom. The number of nitrogens with two attached hydrogens (primary N) is 2. The van der Waals surface area contributed by atoms with E-state index in [2.05, 4.69) is 0 Å². The van der Waals surface area contributed by atoms with Gasteiger partial charge in [0.15, 0.2) is 0 Å². The monoisotopic (exact) mass is 216 g/mol. The second kappa shape index (κ2) is 4.86. The fourth-order valence-corrected chi connectivity index (χ4v) is 2.00. The molecule has 1 aliphatic carbocycles. The van der Waals surface area contributed by atoms with Gasteiger partial charge in [0.2, 0.25) is 0 Å². The molecule has 2 atom stereocenters. The first-order valence-corrected chi connectivity index (χ1v) is 4.89. The minimum atomic E-state index is -0.799. The van der Waals surface area contributed by atoms with Gasteiger partial charge in [0.25, 0.3) is 0 Å². The summed E-state index contributed by atoms with van der Waals surface area (Å²) in [6, 6.07) is 0. The lowest BCUT2D eigenvalue weighted by atomic mass is 9.86. The Balaban J connectivity index is 2.47. The van der Waals surface area contributed by atoms with Gasteiger partial charge in [-0.05, 0) is 18.8 Å². The molecule has 2 unspecified atom stereocenters. The summed E-state index contributed by atoms with van der Waals surface area (Å²) in [6.07, 6.45) is -0.218. The molecule has 86 valence electrons. The lowest BCUT2D eigenvalue weighted by Crippen LogP contribution is -2.36. The Morgan fingerprint density at radius 1 is 1.00 bits per heavy atom. The van der Waals surface area contributed by atoms with Crippen molar-refractivity contribution in [3.63, 3.8) is 0 Å². The van der Waals surface area contributed by atoms with Crippen molar-refractivity contribution >= 4 is 12.2 Å². The Bertz CT molecular complexity index is 232. The molecule has 6 nitrogen and oxygen atoms in total. The Hall–Kier alpha value is -1.46. The van der Waals surface area contributed by atoms with Gasteiger partial charge >= 0.3 is 12.2 Å². The average Bonchev–Trinajstić information content (AvgIpc) is 1.98. The lowest BCUT2D eigenvalue weighted by molar-refractivity contribution is 0.000247. The number of carbonyl (C=O) groups is 2. The predicted octanol–water partition coefficient (Wildman–Crippen LogP) is 0.734. The summed E-state index contributed by atoms with van der Waals surface area (Å²) in [7, 11) is 0. The molecule has 6 heteroatoms. The zero-order valence-corrected chi connectivity index (χ0v) is 8.64. The van der Waals surface area contributed by atoms with Crippen molar-refractivity contribution in [2.45, 2.75) is 38.4 Å². The molecule has 0 aromatic rings. The molecule has 0 spiro atoms. The molecule has 15 heavy (non-hydrogen) atoms. The van der Waals surface area contributed by atoms with Crippen LogP contribution in [0.25, 0.3) is 0 Å². The fourth-order valence-electron chi connectivity index (χ4n) is 2.00. The third-order valence-electron chi connectivity index (χ3n) is 2.42. The minimum Gasteiger partial charge on any atom is -0.446 e. The predicted molar refractivity (Wildman–Crippen MR) is 51.9 cm³/mol. The first-order chi connectivity index (χ1) is 6.97. The van der Waals surface area contributed by atoms with Crippen LogP contribution in [0.15, 0.2) is 0 Å². The third-order valence-corrected chi connectivity index (χ3v) is 2.42. The maximum Gasteiger partial charge on any atom is 0.404 e. The van der Waals surface area contributed by atoms with Gasteiger partial charge in [-0.25, -0.2) is 9.59 Å². The van der Waals surface area contributed by atoms with E-state index in [9.17, 15) is 9.59 Å². The summed E-state index contributed by atoms with van der Waals surface area (Å²) < 4.78 is 9.76. The Labute approximate surface area is 87.9 Å². The zero-order valence-electron chi connectivity index (χ0n) is 8.64. The van der Waals surface area contributed by atoms with Crippen LogP contribution < -0.4 is 11.5 Å². The van der Waals surface area contributed by atoms with E-state index in [1.165, 1.54) is 0 Å². The molecule has 4 N–H and O–H groups in total. The van der Waals surface area contributed by atoms with Gasteiger partial charge in [-0.1, -0.05) is 6.92 Å². The van der Waals surface area contributed by atoms with Crippen LogP contribution >= 0.6 is 0 Å². The van der Waals surface area contributed by atoms with E-state index in [1.54, 1.807) is 0 Å². The van der Waals surface area contributed by atoms with Crippen LogP contribution in [0.2, 0.25) is 0 Å². The lowest BCUT2D eigenvalue weighted by Gasteiger charge is -2.31. The van der Waals surface area contributed by atoms with Crippen LogP contribution in [-0.2, 0) is 9.47 Å². The molecule has 0 aromatic heterocycles. The number of ether oxygens (including phenoxy) is 2. The average molecular weight is 216 g/mol. The molecule has 1 saturated carbocycles. The zero-order chi connectivity index (χ0) is 11.4. The van der Waals surface area contributed by atoms with E-state index < -0.39 is 12.2 Å². The Kier molecular flexibility index (Phi) is 3.76. The van der Waals surface area contributed by atoms with Gasteiger partial charge in [-0.15, -0.1) is 0 Å². The van der Waals surface area contributed by atoms with Crippen molar-refractivity contribution in [3.8, 4) is 0 Å². The molecule has 0 heterocycles. The number of amides is 2. The van der Waals surface area contributed by atoms with Crippen LogP contribution in [0.1, 0.15) is 26.2 Å². The van der Waals surface area contributed by atoms with Gasteiger partial charge in [-0.3, -0.25) is 0 Å². The van der Waals surface area contributed by atoms with E-state index in [4.69, 9.17) is 20.9 Å². The molecular formula is C9H16N2O4. The van der Waals surface area contributed by atoms with E-state index in [1.807, 2.05) is 6.92 Å². The van der Waals surface area contributed by atoms with Crippen molar-refractivity contribution in [2.24, 2.45) is 17.4 Å². The van der Waals surface area contributed by atoms with Gasteiger partial charge in [0, 0.05) is 6.42 Å². The van der Waals surface area contributed by atoms with Crippen molar-refractivity contribution < 1.29 is 19.1 Å². The highest BCUT2D eigenvalue weighted by atomic mass is 16.6. The molecule has 2 amide bonds. The molecular weight excluding hydrogens is 200 g/mol. The molecule has 0 radical (unpaired) electrons. The summed E-state index contributed by atoms with van der Waals surface area (Å²) in [5.74, 6) is 0.312. The van der Waals surface area contributed by atoms with E-state index in [0.717, 1.165) is 12.8 Å². The number of rotatable bonds is 2. The molecule has 1 aliphatic rings. The van der Waals surface area contributed by atoms with Gasteiger partial charge < -0.3 is 20.9 Å². The third kappa shape index (κ3) is 4.05. The number of primary amides is 2.